The number of thioether (sulfide) groups is 1. The lowest BCUT2D eigenvalue weighted by molar-refractivity contribution is -0.119. The van der Waals surface area contributed by atoms with Crippen LogP contribution in [-0.2, 0) is 16.1 Å². The molecule has 0 aromatic heterocycles. The topological polar surface area (TPSA) is 66.0 Å². The van der Waals surface area contributed by atoms with Gasteiger partial charge in [-0.05, 0) is 30.9 Å². The molecule has 6 nitrogen and oxygen atoms in total. The van der Waals surface area contributed by atoms with Crippen LogP contribution < -0.4 is 10.6 Å². The summed E-state index contributed by atoms with van der Waals surface area (Å²) in [4.78, 5) is 19.4. The summed E-state index contributed by atoms with van der Waals surface area (Å²) in [5.74, 6) is 0.605. The van der Waals surface area contributed by atoms with E-state index in [1.54, 1.807) is 18.9 Å². The number of guanidine groups is 1. The lowest BCUT2D eigenvalue weighted by Crippen LogP contribution is -2.39. The molecule has 0 radical (unpaired) electrons. The van der Waals surface area contributed by atoms with Gasteiger partial charge in [0.1, 0.15) is 6.54 Å². The number of carbonyl (C=O) groups is 1. The maximum atomic E-state index is 11.8. The van der Waals surface area contributed by atoms with Crippen LogP contribution in [0.25, 0.3) is 0 Å². The molecule has 1 aromatic rings. The molecule has 0 saturated heterocycles. The fourth-order valence-corrected chi connectivity index (χ4v) is 2.45. The van der Waals surface area contributed by atoms with E-state index in [1.165, 1.54) is 10.5 Å². The first-order chi connectivity index (χ1) is 11.6. The Morgan fingerprint density at radius 2 is 2.00 bits per heavy atom. The third kappa shape index (κ3) is 7.70. The van der Waals surface area contributed by atoms with Crippen LogP contribution >= 0.6 is 11.8 Å². The van der Waals surface area contributed by atoms with Crippen LogP contribution in [0.5, 0.6) is 0 Å². The number of nitrogens with one attached hydrogen (secondary N) is 2. The molecule has 0 bridgehead atoms. The van der Waals surface area contributed by atoms with Crippen molar-refractivity contribution in [1.82, 2.24) is 15.5 Å². The number of methoxy groups -OCH3 is 1. The van der Waals surface area contributed by atoms with Crippen LogP contribution in [0.3, 0.4) is 0 Å². The van der Waals surface area contributed by atoms with E-state index in [4.69, 9.17) is 4.74 Å². The molecular formula is C17H28N4O2S. The summed E-state index contributed by atoms with van der Waals surface area (Å²) in [5.41, 5.74) is 1.20. The molecule has 0 aliphatic rings. The SMILES string of the molecule is CCNC(=NCC(=O)NCCOC)N(C)Cc1ccc(SC)cc1. The highest BCUT2D eigenvalue weighted by molar-refractivity contribution is 7.98. The minimum absolute atomic E-state index is 0.0990. The summed E-state index contributed by atoms with van der Waals surface area (Å²) >= 11 is 1.73. The van der Waals surface area contributed by atoms with E-state index in [0.717, 1.165) is 13.1 Å². The van der Waals surface area contributed by atoms with Gasteiger partial charge in [-0.3, -0.25) is 4.79 Å². The van der Waals surface area contributed by atoms with Crippen molar-refractivity contribution >= 4 is 23.6 Å². The number of hydrogen-bond acceptors (Lipinski definition) is 4. The molecule has 0 atom stereocenters. The molecule has 1 amide bonds. The number of rotatable bonds is 9. The Balaban J connectivity index is 2.60. The van der Waals surface area contributed by atoms with Gasteiger partial charge in [0.15, 0.2) is 5.96 Å². The van der Waals surface area contributed by atoms with E-state index in [9.17, 15) is 4.79 Å². The highest BCUT2D eigenvalue weighted by Gasteiger charge is 2.08. The maximum Gasteiger partial charge on any atom is 0.241 e. The van der Waals surface area contributed by atoms with Crippen LogP contribution in [-0.4, -0.2) is 63.4 Å². The Morgan fingerprint density at radius 3 is 2.58 bits per heavy atom. The third-order valence-electron chi connectivity index (χ3n) is 3.28. The Labute approximate surface area is 149 Å². The van der Waals surface area contributed by atoms with Crippen molar-refractivity contribution < 1.29 is 9.53 Å². The van der Waals surface area contributed by atoms with Crippen LogP contribution in [0.15, 0.2) is 34.2 Å². The number of benzene rings is 1. The first kappa shape index (κ1) is 20.3. The Morgan fingerprint density at radius 1 is 1.29 bits per heavy atom. The molecule has 0 aliphatic heterocycles. The normalized spacial score (nSPS) is 11.2. The van der Waals surface area contributed by atoms with E-state index in [0.29, 0.717) is 19.1 Å². The van der Waals surface area contributed by atoms with E-state index >= 15 is 0 Å². The van der Waals surface area contributed by atoms with Gasteiger partial charge < -0.3 is 20.3 Å². The summed E-state index contributed by atoms with van der Waals surface area (Å²) in [6.07, 6.45) is 2.06. The molecule has 2 N–H and O–H groups in total. The number of carbonyl (C=O) groups excluding carboxylic acids is 1. The van der Waals surface area contributed by atoms with Crippen molar-refractivity contribution in [3.63, 3.8) is 0 Å². The number of nitrogens with zero attached hydrogens (tertiary/aromatic N) is 2. The molecule has 0 fully saturated rings. The predicted octanol–water partition coefficient (Wildman–Crippen LogP) is 1.57. The highest BCUT2D eigenvalue weighted by atomic mass is 32.2. The Bertz CT molecular complexity index is 520. The second-order valence-electron chi connectivity index (χ2n) is 5.22. The van der Waals surface area contributed by atoms with Gasteiger partial charge >= 0.3 is 0 Å². The van der Waals surface area contributed by atoms with Gasteiger partial charge in [-0.25, -0.2) is 4.99 Å². The van der Waals surface area contributed by atoms with Crippen molar-refractivity contribution in [1.29, 1.82) is 0 Å². The van der Waals surface area contributed by atoms with Gasteiger partial charge in [-0.2, -0.15) is 0 Å². The molecule has 7 heteroatoms. The number of amides is 1. The molecule has 134 valence electrons. The Hall–Kier alpha value is -1.73. The van der Waals surface area contributed by atoms with Gasteiger partial charge in [0.2, 0.25) is 5.91 Å². The molecular weight excluding hydrogens is 324 g/mol. The quantitative estimate of drug-likeness (QED) is 0.306. The van der Waals surface area contributed by atoms with Gasteiger partial charge in [0, 0.05) is 38.7 Å². The van der Waals surface area contributed by atoms with Crippen molar-refractivity contribution in [2.24, 2.45) is 4.99 Å². The van der Waals surface area contributed by atoms with Gasteiger partial charge in [-0.15, -0.1) is 11.8 Å². The minimum atomic E-state index is -0.111. The zero-order valence-corrected chi connectivity index (χ0v) is 15.8. The molecule has 0 spiro atoms. The van der Waals surface area contributed by atoms with E-state index in [1.807, 2.05) is 18.9 Å². The lowest BCUT2D eigenvalue weighted by atomic mass is 10.2. The fraction of sp³-hybridized carbons (Fsp3) is 0.529. The second-order valence-corrected chi connectivity index (χ2v) is 6.10. The fourth-order valence-electron chi connectivity index (χ4n) is 2.04. The molecule has 0 aliphatic carbocycles. The monoisotopic (exact) mass is 352 g/mol. The molecule has 1 aromatic carbocycles. The zero-order chi connectivity index (χ0) is 17.8. The molecule has 0 unspecified atom stereocenters. The van der Waals surface area contributed by atoms with E-state index in [2.05, 4.69) is 46.1 Å². The minimum Gasteiger partial charge on any atom is -0.383 e. The van der Waals surface area contributed by atoms with Gasteiger partial charge in [0.05, 0.1) is 6.61 Å². The summed E-state index contributed by atoms with van der Waals surface area (Å²) in [6, 6.07) is 8.45. The molecule has 24 heavy (non-hydrogen) atoms. The standard InChI is InChI=1S/C17H28N4O2S/c1-5-18-17(20-12-16(22)19-10-11-23-3)21(2)13-14-6-8-15(24-4)9-7-14/h6-9H,5,10-13H2,1-4H3,(H,18,20)(H,19,22). The van der Waals surface area contributed by atoms with Crippen molar-refractivity contribution in [2.45, 2.75) is 18.4 Å². The average molecular weight is 353 g/mol. The summed E-state index contributed by atoms with van der Waals surface area (Å²) < 4.78 is 4.90. The summed E-state index contributed by atoms with van der Waals surface area (Å²) in [5, 5.41) is 5.98. The van der Waals surface area contributed by atoms with Crippen LogP contribution in [0.1, 0.15) is 12.5 Å². The van der Waals surface area contributed by atoms with E-state index < -0.39 is 0 Å². The predicted molar refractivity (Wildman–Crippen MR) is 101 cm³/mol. The molecule has 1 rings (SSSR count). The number of hydrogen-bond donors (Lipinski definition) is 2. The molecule has 0 saturated carbocycles. The maximum absolute atomic E-state index is 11.8. The van der Waals surface area contributed by atoms with Crippen molar-refractivity contribution in [2.75, 3.05) is 46.7 Å². The largest absolute Gasteiger partial charge is 0.383 e. The van der Waals surface area contributed by atoms with Crippen LogP contribution in [0.2, 0.25) is 0 Å². The van der Waals surface area contributed by atoms with Gasteiger partial charge in [0.25, 0.3) is 0 Å². The summed E-state index contributed by atoms with van der Waals surface area (Å²) in [7, 11) is 3.57. The lowest BCUT2D eigenvalue weighted by Gasteiger charge is -2.22. The van der Waals surface area contributed by atoms with Crippen LogP contribution in [0.4, 0.5) is 0 Å². The smallest absolute Gasteiger partial charge is 0.241 e. The zero-order valence-electron chi connectivity index (χ0n) is 15.0. The number of aliphatic imine (C=N–C) groups is 1. The first-order valence-corrected chi connectivity index (χ1v) is 9.21. The summed E-state index contributed by atoms with van der Waals surface area (Å²) in [6.45, 7) is 4.59. The Kier molecular flexibility index (Phi) is 9.95. The van der Waals surface area contributed by atoms with Gasteiger partial charge in [-0.1, -0.05) is 12.1 Å². The van der Waals surface area contributed by atoms with Crippen LogP contribution in [0, 0.1) is 0 Å². The van der Waals surface area contributed by atoms with Crippen molar-refractivity contribution in [3.05, 3.63) is 29.8 Å². The van der Waals surface area contributed by atoms with Crippen molar-refractivity contribution in [3.8, 4) is 0 Å². The number of ether oxygens (including phenoxy) is 1. The average Bonchev–Trinajstić information content (AvgIpc) is 2.59. The molecule has 0 heterocycles. The second kappa shape index (κ2) is 11.8. The van der Waals surface area contributed by atoms with E-state index in [-0.39, 0.29) is 12.5 Å². The first-order valence-electron chi connectivity index (χ1n) is 7.98. The highest BCUT2D eigenvalue weighted by Crippen LogP contribution is 2.15. The third-order valence-corrected chi connectivity index (χ3v) is 4.02.